The summed E-state index contributed by atoms with van der Waals surface area (Å²) < 4.78 is 0. The van der Waals surface area contributed by atoms with Gasteiger partial charge < -0.3 is 10.6 Å². The number of amides is 1. The predicted molar refractivity (Wildman–Crippen MR) is 81.8 cm³/mol. The minimum absolute atomic E-state index is 0. The summed E-state index contributed by atoms with van der Waals surface area (Å²) in [5.41, 5.74) is 7.00. The second-order valence-corrected chi connectivity index (χ2v) is 6.04. The highest BCUT2D eigenvalue weighted by molar-refractivity contribution is 8.00. The van der Waals surface area contributed by atoms with E-state index in [1.165, 1.54) is 0 Å². The van der Waals surface area contributed by atoms with Crippen LogP contribution in [0.4, 0.5) is 0 Å². The molecular formula is C13H20ClN3OS. The van der Waals surface area contributed by atoms with Gasteiger partial charge in [-0.25, -0.2) is 0 Å². The molecule has 1 aliphatic rings. The van der Waals surface area contributed by atoms with Gasteiger partial charge in [-0.1, -0.05) is 6.92 Å². The number of aromatic nitrogens is 1. The molecule has 2 atom stereocenters. The van der Waals surface area contributed by atoms with Crippen LogP contribution in [0.3, 0.4) is 0 Å². The van der Waals surface area contributed by atoms with E-state index in [0.717, 1.165) is 18.0 Å². The van der Waals surface area contributed by atoms with Gasteiger partial charge in [0.25, 0.3) is 5.91 Å². The van der Waals surface area contributed by atoms with Crippen LogP contribution in [0, 0.1) is 0 Å². The second-order valence-electron chi connectivity index (χ2n) is 4.56. The normalized spacial score (nSPS) is 22.8. The first-order valence-electron chi connectivity index (χ1n) is 6.21. The molecule has 0 radical (unpaired) electrons. The molecule has 6 heteroatoms. The Morgan fingerprint density at radius 2 is 2.32 bits per heavy atom. The molecule has 2 N–H and O–H groups in total. The van der Waals surface area contributed by atoms with E-state index in [0.29, 0.717) is 17.4 Å². The lowest BCUT2D eigenvalue weighted by Crippen LogP contribution is -2.48. The molecule has 1 amide bonds. The molecule has 1 fully saturated rings. The van der Waals surface area contributed by atoms with Crippen molar-refractivity contribution in [2.75, 3.05) is 12.3 Å². The van der Waals surface area contributed by atoms with Gasteiger partial charge in [-0.05, 0) is 19.1 Å². The summed E-state index contributed by atoms with van der Waals surface area (Å²) in [6, 6.07) is 3.83. The Bertz CT molecular complexity index is 444. The number of pyridine rings is 1. The number of nitrogens with two attached hydrogens (primary N) is 1. The van der Waals surface area contributed by atoms with Gasteiger partial charge >= 0.3 is 0 Å². The van der Waals surface area contributed by atoms with Crippen molar-refractivity contribution >= 4 is 30.1 Å². The molecule has 19 heavy (non-hydrogen) atoms. The summed E-state index contributed by atoms with van der Waals surface area (Å²) in [7, 11) is 0. The average Bonchev–Trinajstić information content (AvgIpc) is 2.41. The largest absolute Gasteiger partial charge is 0.334 e. The zero-order valence-electron chi connectivity index (χ0n) is 11.2. The van der Waals surface area contributed by atoms with Crippen LogP contribution >= 0.6 is 24.2 Å². The quantitative estimate of drug-likeness (QED) is 0.907. The minimum Gasteiger partial charge on any atom is -0.334 e. The number of hydrogen-bond donors (Lipinski definition) is 1. The standard InChI is InChI=1S/C13H19N3OS.ClH/c1-9-10(2)18-6-5-16(9)13(17)11-3-4-15-12(7-11)8-14;/h3-4,7,9-10H,5-6,8,14H2,1-2H3;1H. The van der Waals surface area contributed by atoms with Crippen LogP contribution in [-0.2, 0) is 6.54 Å². The van der Waals surface area contributed by atoms with Crippen LogP contribution in [0.5, 0.6) is 0 Å². The first-order chi connectivity index (χ1) is 8.63. The van der Waals surface area contributed by atoms with Gasteiger partial charge in [0.2, 0.25) is 0 Å². The molecular weight excluding hydrogens is 282 g/mol. The Morgan fingerprint density at radius 1 is 1.58 bits per heavy atom. The fraction of sp³-hybridized carbons (Fsp3) is 0.538. The minimum atomic E-state index is 0. The lowest BCUT2D eigenvalue weighted by Gasteiger charge is -2.37. The maximum Gasteiger partial charge on any atom is 0.254 e. The van der Waals surface area contributed by atoms with Crippen LogP contribution in [0.25, 0.3) is 0 Å². The van der Waals surface area contributed by atoms with E-state index in [4.69, 9.17) is 5.73 Å². The molecule has 1 aromatic rings. The third kappa shape index (κ3) is 3.61. The van der Waals surface area contributed by atoms with E-state index in [-0.39, 0.29) is 24.4 Å². The number of thioether (sulfide) groups is 1. The van der Waals surface area contributed by atoms with Crippen LogP contribution < -0.4 is 5.73 Å². The van der Waals surface area contributed by atoms with E-state index in [9.17, 15) is 4.79 Å². The van der Waals surface area contributed by atoms with Crippen molar-refractivity contribution in [3.05, 3.63) is 29.6 Å². The average molecular weight is 302 g/mol. The van der Waals surface area contributed by atoms with Crippen molar-refractivity contribution in [2.45, 2.75) is 31.7 Å². The molecule has 2 heterocycles. The highest BCUT2D eigenvalue weighted by atomic mass is 35.5. The zero-order valence-corrected chi connectivity index (χ0v) is 12.8. The van der Waals surface area contributed by atoms with Gasteiger partial charge in [0.05, 0.1) is 5.69 Å². The zero-order chi connectivity index (χ0) is 13.1. The third-order valence-electron chi connectivity index (χ3n) is 3.42. The second kappa shape index (κ2) is 7.12. The lowest BCUT2D eigenvalue weighted by atomic mass is 10.1. The number of carbonyl (C=O) groups excluding carboxylic acids is 1. The molecule has 2 unspecified atom stereocenters. The van der Waals surface area contributed by atoms with Crippen molar-refractivity contribution in [3.63, 3.8) is 0 Å². The SMILES string of the molecule is CC1SCCN(C(=O)c2ccnc(CN)c2)C1C.Cl. The van der Waals surface area contributed by atoms with E-state index in [1.807, 2.05) is 16.7 Å². The summed E-state index contributed by atoms with van der Waals surface area (Å²) in [5.74, 6) is 1.10. The lowest BCUT2D eigenvalue weighted by molar-refractivity contribution is 0.0698. The number of carbonyl (C=O) groups is 1. The van der Waals surface area contributed by atoms with E-state index in [1.54, 1.807) is 18.3 Å². The van der Waals surface area contributed by atoms with Crippen LogP contribution in [0.1, 0.15) is 29.9 Å². The predicted octanol–water partition coefficient (Wildman–Crippen LogP) is 1.93. The molecule has 0 aromatic carbocycles. The molecule has 0 aliphatic carbocycles. The van der Waals surface area contributed by atoms with E-state index >= 15 is 0 Å². The van der Waals surface area contributed by atoms with Crippen molar-refractivity contribution < 1.29 is 4.79 Å². The number of halogens is 1. The molecule has 106 valence electrons. The van der Waals surface area contributed by atoms with Gasteiger partial charge in [-0.15, -0.1) is 12.4 Å². The summed E-state index contributed by atoms with van der Waals surface area (Å²) in [4.78, 5) is 18.5. The summed E-state index contributed by atoms with van der Waals surface area (Å²) in [6.45, 7) is 5.46. The first kappa shape index (κ1) is 16.3. The Labute approximate surface area is 124 Å². The number of hydrogen-bond acceptors (Lipinski definition) is 4. The van der Waals surface area contributed by atoms with Gasteiger partial charge in [-0.2, -0.15) is 11.8 Å². The maximum absolute atomic E-state index is 12.5. The fourth-order valence-electron chi connectivity index (χ4n) is 2.11. The Balaban J connectivity index is 0.00000180. The van der Waals surface area contributed by atoms with Crippen LogP contribution in [0.15, 0.2) is 18.3 Å². The van der Waals surface area contributed by atoms with Crippen molar-refractivity contribution in [2.24, 2.45) is 5.73 Å². The topological polar surface area (TPSA) is 59.2 Å². The van der Waals surface area contributed by atoms with Gasteiger partial charge in [0.1, 0.15) is 0 Å². The highest BCUT2D eigenvalue weighted by Gasteiger charge is 2.29. The molecule has 0 spiro atoms. The number of rotatable bonds is 2. The molecule has 4 nitrogen and oxygen atoms in total. The summed E-state index contributed by atoms with van der Waals surface area (Å²) in [6.07, 6.45) is 1.65. The van der Waals surface area contributed by atoms with E-state index < -0.39 is 0 Å². The monoisotopic (exact) mass is 301 g/mol. The summed E-state index contributed by atoms with van der Waals surface area (Å²) in [5, 5.41) is 0.485. The fourth-order valence-corrected chi connectivity index (χ4v) is 3.21. The maximum atomic E-state index is 12.5. The summed E-state index contributed by atoms with van der Waals surface area (Å²) >= 11 is 1.92. The molecule has 1 aliphatic heterocycles. The highest BCUT2D eigenvalue weighted by Crippen LogP contribution is 2.25. The third-order valence-corrected chi connectivity index (χ3v) is 4.76. The van der Waals surface area contributed by atoms with Crippen LogP contribution in [0.2, 0.25) is 0 Å². The van der Waals surface area contributed by atoms with E-state index in [2.05, 4.69) is 18.8 Å². The Kier molecular flexibility index (Phi) is 6.10. The van der Waals surface area contributed by atoms with Gasteiger partial charge in [0, 0.05) is 41.9 Å². The molecule has 2 rings (SSSR count). The van der Waals surface area contributed by atoms with Gasteiger partial charge in [0.15, 0.2) is 0 Å². The molecule has 0 saturated carbocycles. The number of nitrogens with zero attached hydrogens (tertiary/aromatic N) is 2. The molecule has 1 aromatic heterocycles. The Morgan fingerprint density at radius 3 is 3.00 bits per heavy atom. The van der Waals surface area contributed by atoms with Crippen LogP contribution in [-0.4, -0.2) is 39.4 Å². The molecule has 0 bridgehead atoms. The molecule has 1 saturated heterocycles. The van der Waals surface area contributed by atoms with Gasteiger partial charge in [-0.3, -0.25) is 9.78 Å². The first-order valence-corrected chi connectivity index (χ1v) is 7.26. The Hall–Kier alpha value is -0.780. The van der Waals surface area contributed by atoms with Crippen molar-refractivity contribution in [1.29, 1.82) is 0 Å². The van der Waals surface area contributed by atoms with Crippen molar-refractivity contribution in [1.82, 2.24) is 9.88 Å². The smallest absolute Gasteiger partial charge is 0.254 e. The van der Waals surface area contributed by atoms with Crippen molar-refractivity contribution in [3.8, 4) is 0 Å².